The van der Waals surface area contributed by atoms with Crippen molar-refractivity contribution in [2.24, 2.45) is 11.8 Å². The van der Waals surface area contributed by atoms with E-state index in [0.29, 0.717) is 5.92 Å². The number of fused-ring (bicyclic) bond motifs is 1. The highest BCUT2D eigenvalue weighted by atomic mass is 32.1. The molecule has 1 aromatic heterocycles. The molecule has 0 spiro atoms. The third-order valence-electron chi connectivity index (χ3n) is 4.59. The third-order valence-corrected chi connectivity index (χ3v) is 5.36. The monoisotopic (exact) mass is 265 g/mol. The van der Waals surface area contributed by atoms with E-state index in [4.69, 9.17) is 4.98 Å². The number of rotatable bonds is 2. The van der Waals surface area contributed by atoms with Crippen LogP contribution in [-0.4, -0.2) is 21.9 Å². The number of hydrogen-bond donors (Lipinski definition) is 0. The number of nitrogens with zero attached hydrogens (tertiary/aromatic N) is 3. The molecule has 1 saturated carbocycles. The predicted octanol–water partition coefficient (Wildman–Crippen LogP) is 3.68. The summed E-state index contributed by atoms with van der Waals surface area (Å²) in [4.78, 5) is 7.30. The molecule has 2 heterocycles. The van der Waals surface area contributed by atoms with E-state index in [1.165, 1.54) is 37.4 Å². The van der Waals surface area contributed by atoms with Gasteiger partial charge in [0.25, 0.3) is 0 Å². The molecule has 4 heteroatoms. The van der Waals surface area contributed by atoms with Gasteiger partial charge in [-0.2, -0.15) is 4.37 Å². The minimum atomic E-state index is 0.442. The van der Waals surface area contributed by atoms with Crippen molar-refractivity contribution in [3.05, 3.63) is 5.82 Å². The van der Waals surface area contributed by atoms with Crippen molar-refractivity contribution in [1.29, 1.82) is 0 Å². The first-order chi connectivity index (χ1) is 8.66. The zero-order valence-corrected chi connectivity index (χ0v) is 12.4. The molecule has 3 atom stereocenters. The first kappa shape index (κ1) is 12.4. The van der Waals surface area contributed by atoms with Crippen molar-refractivity contribution in [2.75, 3.05) is 11.4 Å². The lowest BCUT2D eigenvalue weighted by atomic mass is 9.80. The normalized spacial score (nSPS) is 32.0. The van der Waals surface area contributed by atoms with Crippen LogP contribution in [0.15, 0.2) is 0 Å². The summed E-state index contributed by atoms with van der Waals surface area (Å²) in [6.45, 7) is 7.93. The van der Waals surface area contributed by atoms with E-state index in [0.717, 1.165) is 23.7 Å². The van der Waals surface area contributed by atoms with Gasteiger partial charge in [-0.25, -0.2) is 4.98 Å². The molecule has 3 rings (SSSR count). The second-order valence-electron chi connectivity index (χ2n) is 6.24. The van der Waals surface area contributed by atoms with Gasteiger partial charge in [0.15, 0.2) is 0 Å². The summed E-state index contributed by atoms with van der Waals surface area (Å²) in [7, 11) is 0. The third kappa shape index (κ3) is 2.04. The number of aromatic nitrogens is 2. The van der Waals surface area contributed by atoms with Crippen LogP contribution in [0.25, 0.3) is 0 Å². The van der Waals surface area contributed by atoms with Crippen molar-refractivity contribution >= 4 is 16.7 Å². The second-order valence-corrected chi connectivity index (χ2v) is 6.97. The summed E-state index contributed by atoms with van der Waals surface area (Å²) in [5.74, 6) is 3.17. The van der Waals surface area contributed by atoms with E-state index in [1.54, 1.807) is 11.5 Å². The van der Waals surface area contributed by atoms with Gasteiger partial charge in [-0.1, -0.05) is 33.6 Å². The molecule has 1 aliphatic carbocycles. The summed E-state index contributed by atoms with van der Waals surface area (Å²) in [5.41, 5.74) is 0. The Labute approximate surface area is 114 Å². The molecule has 0 N–H and O–H groups in total. The second kappa shape index (κ2) is 4.80. The summed E-state index contributed by atoms with van der Waals surface area (Å²) in [6.07, 6.45) is 5.58. The topological polar surface area (TPSA) is 29.0 Å². The minimum absolute atomic E-state index is 0.442. The Morgan fingerprint density at radius 2 is 2.06 bits per heavy atom. The molecule has 18 heavy (non-hydrogen) atoms. The van der Waals surface area contributed by atoms with Gasteiger partial charge >= 0.3 is 0 Å². The van der Waals surface area contributed by atoms with E-state index < -0.39 is 0 Å². The molecule has 1 aliphatic heterocycles. The van der Waals surface area contributed by atoms with E-state index in [2.05, 4.69) is 30.0 Å². The average Bonchev–Trinajstić information content (AvgIpc) is 2.95. The number of hydrogen-bond acceptors (Lipinski definition) is 4. The molecular formula is C14H23N3S. The molecule has 1 saturated heterocycles. The highest BCUT2D eigenvalue weighted by Gasteiger charge is 2.41. The van der Waals surface area contributed by atoms with Crippen LogP contribution in [0.1, 0.15) is 58.2 Å². The van der Waals surface area contributed by atoms with Gasteiger partial charge in [-0.15, -0.1) is 0 Å². The summed E-state index contributed by atoms with van der Waals surface area (Å²) >= 11 is 1.60. The van der Waals surface area contributed by atoms with Crippen molar-refractivity contribution in [3.63, 3.8) is 0 Å². The molecular weight excluding hydrogens is 242 g/mol. The van der Waals surface area contributed by atoms with Crippen LogP contribution in [0.5, 0.6) is 0 Å². The van der Waals surface area contributed by atoms with Crippen LogP contribution in [0.4, 0.5) is 5.13 Å². The molecule has 0 aromatic carbocycles. The van der Waals surface area contributed by atoms with E-state index in [9.17, 15) is 0 Å². The van der Waals surface area contributed by atoms with Gasteiger partial charge in [0.2, 0.25) is 5.13 Å². The lowest BCUT2D eigenvalue weighted by Gasteiger charge is -2.31. The highest BCUT2D eigenvalue weighted by molar-refractivity contribution is 7.09. The largest absolute Gasteiger partial charge is 0.343 e. The smallest absolute Gasteiger partial charge is 0.205 e. The van der Waals surface area contributed by atoms with Gasteiger partial charge in [-0.05, 0) is 24.7 Å². The molecule has 0 radical (unpaired) electrons. The van der Waals surface area contributed by atoms with Gasteiger partial charge in [-0.3, -0.25) is 0 Å². The Kier molecular flexibility index (Phi) is 3.31. The van der Waals surface area contributed by atoms with Crippen molar-refractivity contribution in [2.45, 2.75) is 58.4 Å². The van der Waals surface area contributed by atoms with Crippen LogP contribution in [-0.2, 0) is 0 Å². The van der Waals surface area contributed by atoms with Crippen molar-refractivity contribution in [3.8, 4) is 0 Å². The molecule has 0 bridgehead atoms. The van der Waals surface area contributed by atoms with Crippen LogP contribution in [0.3, 0.4) is 0 Å². The van der Waals surface area contributed by atoms with E-state index in [1.807, 2.05) is 0 Å². The minimum Gasteiger partial charge on any atom is -0.343 e. The molecule has 2 fully saturated rings. The molecule has 3 unspecified atom stereocenters. The van der Waals surface area contributed by atoms with Gasteiger partial charge in [0, 0.05) is 30.0 Å². The van der Waals surface area contributed by atoms with Crippen molar-refractivity contribution in [1.82, 2.24) is 9.36 Å². The quantitative estimate of drug-likeness (QED) is 0.817. The lowest BCUT2D eigenvalue weighted by Crippen LogP contribution is -2.34. The first-order valence-electron chi connectivity index (χ1n) is 7.27. The first-order valence-corrected chi connectivity index (χ1v) is 8.04. The summed E-state index contributed by atoms with van der Waals surface area (Å²) in [6, 6.07) is 0.738. The maximum atomic E-state index is 4.75. The fourth-order valence-corrected chi connectivity index (χ4v) is 4.45. The van der Waals surface area contributed by atoms with Crippen LogP contribution in [0.2, 0.25) is 0 Å². The predicted molar refractivity (Wildman–Crippen MR) is 76.3 cm³/mol. The Bertz CT molecular complexity index is 415. The SMILES string of the molecule is CC(C)c1nsc(N2CC(C)C3CCCCC32)n1. The standard InChI is InChI=1S/C14H23N3S/c1-9(2)13-15-14(18-16-13)17-8-10(3)11-6-4-5-7-12(11)17/h9-12H,4-8H2,1-3H3. The zero-order valence-electron chi connectivity index (χ0n) is 11.6. The Morgan fingerprint density at radius 1 is 1.28 bits per heavy atom. The summed E-state index contributed by atoms with van der Waals surface area (Å²) < 4.78 is 4.51. The fraction of sp³-hybridized carbons (Fsp3) is 0.857. The van der Waals surface area contributed by atoms with Gasteiger partial charge < -0.3 is 4.90 Å². The van der Waals surface area contributed by atoms with E-state index in [-0.39, 0.29) is 0 Å². The molecule has 100 valence electrons. The molecule has 2 aliphatic rings. The Balaban J connectivity index is 1.82. The maximum Gasteiger partial charge on any atom is 0.205 e. The van der Waals surface area contributed by atoms with Crippen molar-refractivity contribution < 1.29 is 0 Å². The highest BCUT2D eigenvalue weighted by Crippen LogP contribution is 2.42. The molecule has 1 aromatic rings. The summed E-state index contributed by atoms with van der Waals surface area (Å²) in [5, 5.41) is 1.17. The molecule has 3 nitrogen and oxygen atoms in total. The van der Waals surface area contributed by atoms with Crippen LogP contribution < -0.4 is 4.90 Å². The Morgan fingerprint density at radius 3 is 2.78 bits per heavy atom. The zero-order chi connectivity index (χ0) is 12.7. The number of anilines is 1. The van der Waals surface area contributed by atoms with Crippen LogP contribution in [0, 0.1) is 11.8 Å². The van der Waals surface area contributed by atoms with Crippen LogP contribution >= 0.6 is 11.5 Å². The molecule has 0 amide bonds. The van der Waals surface area contributed by atoms with Gasteiger partial charge in [0.05, 0.1) is 0 Å². The maximum absolute atomic E-state index is 4.75. The fourth-order valence-electron chi connectivity index (χ4n) is 3.57. The average molecular weight is 265 g/mol. The Hall–Kier alpha value is -0.640. The lowest BCUT2D eigenvalue weighted by molar-refractivity contribution is 0.293. The van der Waals surface area contributed by atoms with Gasteiger partial charge in [0.1, 0.15) is 5.82 Å². The van der Waals surface area contributed by atoms with E-state index >= 15 is 0 Å².